The van der Waals surface area contributed by atoms with Gasteiger partial charge >= 0.3 is 0 Å². The third-order valence-electron chi connectivity index (χ3n) is 6.85. The fourth-order valence-electron chi connectivity index (χ4n) is 5.02. The number of aryl methyl sites for hydroxylation is 1. The Balaban J connectivity index is 1.33. The summed E-state index contributed by atoms with van der Waals surface area (Å²) in [6, 6.07) is 26.9. The number of imidazole rings is 1. The number of nitrogens with two attached hydrogens (primary N) is 1. The molecule has 0 aliphatic heterocycles. The second-order valence-corrected chi connectivity index (χ2v) is 9.74. The van der Waals surface area contributed by atoms with Crippen LogP contribution < -0.4 is 5.73 Å². The van der Waals surface area contributed by atoms with Gasteiger partial charge in [-0.1, -0.05) is 54.6 Å². The van der Waals surface area contributed by atoms with Gasteiger partial charge in [-0.2, -0.15) is 5.10 Å². The SMILES string of the molecule is BN(Cc1nc(-c2cccc(C)n2)c(-c2ccc3ncnn3c2)[nH]1)Cc1ccccc1-c1ccccc1CN. The van der Waals surface area contributed by atoms with E-state index in [0.29, 0.717) is 13.1 Å². The summed E-state index contributed by atoms with van der Waals surface area (Å²) >= 11 is 0. The van der Waals surface area contributed by atoms with E-state index in [0.717, 1.165) is 51.9 Å². The molecule has 39 heavy (non-hydrogen) atoms. The van der Waals surface area contributed by atoms with E-state index in [9.17, 15) is 0 Å². The maximum Gasteiger partial charge on any atom is 0.186 e. The molecule has 6 rings (SSSR count). The zero-order valence-corrected chi connectivity index (χ0v) is 22.0. The molecule has 0 aliphatic rings. The summed E-state index contributed by atoms with van der Waals surface area (Å²) in [6.45, 7) is 3.89. The minimum Gasteiger partial charge on any atom is -0.340 e. The van der Waals surface area contributed by atoms with Crippen molar-refractivity contribution in [2.24, 2.45) is 5.73 Å². The molecule has 0 radical (unpaired) electrons. The van der Waals surface area contributed by atoms with Crippen LogP contribution in [0.2, 0.25) is 0 Å². The molecule has 0 unspecified atom stereocenters. The van der Waals surface area contributed by atoms with Crippen LogP contribution in [0.3, 0.4) is 0 Å². The van der Waals surface area contributed by atoms with Crippen molar-refractivity contribution >= 4 is 13.6 Å². The molecule has 0 fully saturated rings. The van der Waals surface area contributed by atoms with E-state index >= 15 is 0 Å². The average molecular weight is 512 g/mol. The van der Waals surface area contributed by atoms with Crippen LogP contribution in [0, 0.1) is 6.92 Å². The topological polar surface area (TPSA) is 101 Å². The second-order valence-electron chi connectivity index (χ2n) is 9.74. The van der Waals surface area contributed by atoms with Crippen molar-refractivity contribution in [2.45, 2.75) is 26.6 Å². The third kappa shape index (κ3) is 5.10. The highest BCUT2D eigenvalue weighted by Crippen LogP contribution is 2.31. The van der Waals surface area contributed by atoms with E-state index < -0.39 is 0 Å². The van der Waals surface area contributed by atoms with E-state index in [2.05, 4.69) is 70.3 Å². The van der Waals surface area contributed by atoms with Gasteiger partial charge in [-0.25, -0.2) is 14.5 Å². The molecule has 0 aliphatic carbocycles. The first-order chi connectivity index (χ1) is 19.1. The molecule has 4 aromatic heterocycles. The zero-order chi connectivity index (χ0) is 26.8. The van der Waals surface area contributed by atoms with Gasteiger partial charge in [-0.05, 0) is 53.4 Å². The van der Waals surface area contributed by atoms with Crippen LogP contribution in [0.1, 0.15) is 22.6 Å². The summed E-state index contributed by atoms with van der Waals surface area (Å²) in [5.41, 5.74) is 16.1. The summed E-state index contributed by atoms with van der Waals surface area (Å²) in [5.74, 6) is 0.865. The van der Waals surface area contributed by atoms with Crippen molar-refractivity contribution in [1.29, 1.82) is 0 Å². The molecule has 3 N–H and O–H groups in total. The molecule has 9 heteroatoms. The molecule has 0 atom stereocenters. The highest BCUT2D eigenvalue weighted by molar-refractivity contribution is 6.04. The number of benzene rings is 2. The minimum atomic E-state index is 0.506. The Kier molecular flexibility index (Phi) is 6.75. The standard InChI is InChI=1S/C30H29BN8/c1-20-7-6-12-26(35-20)30-29(23-13-14-28-33-19-34-39(28)17-23)36-27(37-30)18-38(31)16-22-9-3-5-11-25(22)24-10-4-2-8-21(24)15-32/h2-14,17,19H,15-16,18,31-32H2,1H3,(H,36,37). The molecule has 6 aromatic rings. The van der Waals surface area contributed by atoms with Crippen LogP contribution in [0.4, 0.5) is 0 Å². The molecule has 0 spiro atoms. The van der Waals surface area contributed by atoms with E-state index in [1.54, 1.807) is 10.8 Å². The van der Waals surface area contributed by atoms with Gasteiger partial charge in [0.15, 0.2) is 13.6 Å². The highest BCUT2D eigenvalue weighted by Gasteiger charge is 2.18. The maximum atomic E-state index is 6.05. The van der Waals surface area contributed by atoms with Crippen LogP contribution >= 0.6 is 0 Å². The lowest BCUT2D eigenvalue weighted by molar-refractivity contribution is 0.433. The molecule has 0 amide bonds. The Morgan fingerprint density at radius 2 is 1.64 bits per heavy atom. The number of hydrogen-bond acceptors (Lipinski definition) is 6. The summed E-state index contributed by atoms with van der Waals surface area (Å²) in [6.07, 6.45) is 3.52. The molecule has 192 valence electrons. The number of pyridine rings is 2. The van der Waals surface area contributed by atoms with Gasteiger partial charge in [0.05, 0.1) is 11.4 Å². The second kappa shape index (κ2) is 10.6. The molecular weight excluding hydrogens is 483 g/mol. The number of rotatable bonds is 8. The Bertz CT molecular complexity index is 1760. The quantitative estimate of drug-likeness (QED) is 0.297. The summed E-state index contributed by atoms with van der Waals surface area (Å²) in [4.78, 5) is 19.9. The van der Waals surface area contributed by atoms with Crippen LogP contribution in [-0.2, 0) is 19.6 Å². The first-order valence-corrected chi connectivity index (χ1v) is 13.0. The molecule has 0 saturated carbocycles. The summed E-state index contributed by atoms with van der Waals surface area (Å²) in [7, 11) is 2.11. The lowest BCUT2D eigenvalue weighted by Gasteiger charge is -2.19. The van der Waals surface area contributed by atoms with Crippen molar-refractivity contribution in [3.63, 3.8) is 0 Å². The van der Waals surface area contributed by atoms with Gasteiger partial charge in [0, 0.05) is 37.1 Å². The maximum absolute atomic E-state index is 6.05. The summed E-state index contributed by atoms with van der Waals surface area (Å²) in [5, 5.41) is 4.31. The first-order valence-electron chi connectivity index (χ1n) is 13.0. The third-order valence-corrected chi connectivity index (χ3v) is 6.85. The van der Waals surface area contributed by atoms with Gasteiger partial charge in [0.25, 0.3) is 0 Å². The number of fused-ring (bicyclic) bond motifs is 1. The van der Waals surface area contributed by atoms with Crippen molar-refractivity contribution in [1.82, 2.24) is 34.4 Å². The number of nitrogens with one attached hydrogen (secondary N) is 1. The van der Waals surface area contributed by atoms with E-state index in [4.69, 9.17) is 15.7 Å². The number of aromatic nitrogens is 6. The lowest BCUT2D eigenvalue weighted by Crippen LogP contribution is -2.20. The highest BCUT2D eigenvalue weighted by atomic mass is 15.3. The Morgan fingerprint density at radius 1 is 0.872 bits per heavy atom. The van der Waals surface area contributed by atoms with E-state index in [1.807, 2.05) is 49.5 Å². The Morgan fingerprint density at radius 3 is 2.44 bits per heavy atom. The van der Waals surface area contributed by atoms with Crippen LogP contribution in [0.25, 0.3) is 39.4 Å². The van der Waals surface area contributed by atoms with Crippen LogP contribution in [0.15, 0.2) is 91.4 Å². The van der Waals surface area contributed by atoms with E-state index in [-0.39, 0.29) is 0 Å². The average Bonchev–Trinajstić information content (AvgIpc) is 3.60. The Labute approximate surface area is 228 Å². The smallest absolute Gasteiger partial charge is 0.186 e. The number of H-pyrrole nitrogens is 1. The molecule has 8 nitrogen and oxygen atoms in total. The fraction of sp³-hybridized carbons (Fsp3) is 0.133. The number of nitrogens with zero attached hydrogens (tertiary/aromatic N) is 6. The van der Waals surface area contributed by atoms with Crippen molar-refractivity contribution in [3.05, 3.63) is 114 Å². The van der Waals surface area contributed by atoms with Crippen LogP contribution in [0.5, 0.6) is 0 Å². The van der Waals surface area contributed by atoms with Crippen LogP contribution in [-0.4, -0.2) is 42.3 Å². The van der Waals surface area contributed by atoms with Crippen molar-refractivity contribution in [3.8, 4) is 33.8 Å². The number of aromatic amines is 1. The van der Waals surface area contributed by atoms with Crippen molar-refractivity contribution < 1.29 is 0 Å². The zero-order valence-electron chi connectivity index (χ0n) is 22.0. The molecule has 2 aromatic carbocycles. The predicted octanol–water partition coefficient (Wildman–Crippen LogP) is 4.17. The van der Waals surface area contributed by atoms with Gasteiger partial charge in [-0.15, -0.1) is 0 Å². The molecular formula is C30H29BN8. The monoisotopic (exact) mass is 512 g/mol. The van der Waals surface area contributed by atoms with Gasteiger partial charge < -0.3 is 15.5 Å². The number of hydrogen-bond donors (Lipinski definition) is 2. The van der Waals surface area contributed by atoms with Gasteiger partial charge in [-0.3, -0.25) is 4.98 Å². The predicted molar refractivity (Wildman–Crippen MR) is 156 cm³/mol. The van der Waals surface area contributed by atoms with Crippen molar-refractivity contribution in [2.75, 3.05) is 0 Å². The van der Waals surface area contributed by atoms with Gasteiger partial charge in [0.2, 0.25) is 0 Å². The lowest BCUT2D eigenvalue weighted by atomic mass is 9.94. The molecule has 0 bridgehead atoms. The molecule has 0 saturated heterocycles. The van der Waals surface area contributed by atoms with Gasteiger partial charge in [0.1, 0.15) is 17.8 Å². The van der Waals surface area contributed by atoms with E-state index in [1.165, 1.54) is 16.7 Å². The molecule has 4 heterocycles. The normalized spacial score (nSPS) is 11.5. The first kappa shape index (κ1) is 24.7. The fourth-order valence-corrected chi connectivity index (χ4v) is 5.02. The largest absolute Gasteiger partial charge is 0.340 e. The summed E-state index contributed by atoms with van der Waals surface area (Å²) < 4.78 is 1.77. The minimum absolute atomic E-state index is 0.506. The Hall–Kier alpha value is -4.60.